The third kappa shape index (κ3) is 1.13. The molecule has 0 nitrogen and oxygen atoms in total. The molecule has 0 amide bonds. The van der Waals surface area contributed by atoms with Crippen LogP contribution in [0, 0.1) is 5.92 Å². The largest absolute Gasteiger partial charge is 0.113 e. The minimum atomic E-state index is -0.595. The van der Waals surface area contributed by atoms with Gasteiger partial charge >= 0.3 is 0 Å². The number of halogens is 4. The van der Waals surface area contributed by atoms with Crippen LogP contribution >= 0.6 is 46.4 Å². The molecule has 0 N–H and O–H groups in total. The van der Waals surface area contributed by atoms with E-state index in [1.54, 1.807) is 0 Å². The molecule has 0 aromatic rings. The fourth-order valence-electron chi connectivity index (χ4n) is 2.18. The van der Waals surface area contributed by atoms with Crippen molar-refractivity contribution in [3.8, 4) is 0 Å². The van der Waals surface area contributed by atoms with Crippen LogP contribution in [0.25, 0.3) is 0 Å². The second-order valence-corrected chi connectivity index (χ2v) is 5.83. The van der Waals surface area contributed by atoms with E-state index in [1.807, 2.05) is 6.08 Å². The van der Waals surface area contributed by atoms with E-state index in [0.717, 1.165) is 6.42 Å². The molecule has 13 heavy (non-hydrogen) atoms. The van der Waals surface area contributed by atoms with Gasteiger partial charge in [-0.05, 0) is 12.8 Å². The zero-order valence-corrected chi connectivity index (χ0v) is 9.81. The van der Waals surface area contributed by atoms with Gasteiger partial charge in [-0.15, -0.1) is 29.8 Å². The normalized spacial score (nSPS) is 48.8. The van der Waals surface area contributed by atoms with Crippen LogP contribution in [0.3, 0.4) is 0 Å². The molecule has 2 bridgehead atoms. The summed E-state index contributed by atoms with van der Waals surface area (Å²) in [7, 11) is 0. The molecule has 0 aliphatic heterocycles. The van der Waals surface area contributed by atoms with E-state index < -0.39 is 9.75 Å². The molecule has 4 heteroatoms. The molecule has 72 valence electrons. The molecule has 3 unspecified atom stereocenters. The molecule has 2 aliphatic rings. The first-order chi connectivity index (χ1) is 5.94. The summed E-state index contributed by atoms with van der Waals surface area (Å²) in [5, 5.41) is 1.02. The van der Waals surface area contributed by atoms with Crippen molar-refractivity contribution in [3.05, 3.63) is 22.7 Å². The first-order valence-corrected chi connectivity index (χ1v) is 5.52. The van der Waals surface area contributed by atoms with Crippen molar-refractivity contribution >= 4 is 46.4 Å². The van der Waals surface area contributed by atoms with Gasteiger partial charge in [0.05, 0.1) is 19.8 Å². The van der Waals surface area contributed by atoms with Crippen LogP contribution < -0.4 is 0 Å². The highest BCUT2D eigenvalue weighted by Gasteiger charge is 2.62. The van der Waals surface area contributed by atoms with Gasteiger partial charge in [0.15, 0.2) is 0 Å². The molecule has 0 aromatic heterocycles. The minimum Gasteiger partial charge on any atom is -0.113 e. The Hall–Kier alpha value is 0.640. The Kier molecular flexibility index (Phi) is 2.21. The SMILES string of the molecule is C=CC1CC2(Cl)CC1(Cl)C(Cl)=C2Cl. The van der Waals surface area contributed by atoms with Crippen molar-refractivity contribution in [2.45, 2.75) is 22.6 Å². The van der Waals surface area contributed by atoms with Crippen molar-refractivity contribution in [1.82, 2.24) is 0 Å². The molecule has 0 heterocycles. The lowest BCUT2D eigenvalue weighted by Crippen LogP contribution is -2.25. The van der Waals surface area contributed by atoms with Gasteiger partial charge in [0.25, 0.3) is 0 Å². The molecule has 1 fully saturated rings. The predicted molar refractivity (Wildman–Crippen MR) is 58.8 cm³/mol. The van der Waals surface area contributed by atoms with Crippen LogP contribution in [0.15, 0.2) is 22.7 Å². The summed E-state index contributed by atoms with van der Waals surface area (Å²) >= 11 is 24.7. The van der Waals surface area contributed by atoms with Gasteiger partial charge in [0.1, 0.15) is 0 Å². The summed E-state index contributed by atoms with van der Waals surface area (Å²) in [4.78, 5) is -1.14. The average molecular weight is 258 g/mol. The number of hydrogen-bond donors (Lipinski definition) is 0. The molecule has 0 aromatic carbocycles. The smallest absolute Gasteiger partial charge is 0.0896 e. The van der Waals surface area contributed by atoms with Crippen molar-refractivity contribution in [2.24, 2.45) is 5.92 Å². The Bertz CT molecular complexity index is 309. The number of allylic oxidation sites excluding steroid dienone is 3. The van der Waals surface area contributed by atoms with E-state index in [9.17, 15) is 0 Å². The van der Waals surface area contributed by atoms with Crippen LogP contribution in [-0.2, 0) is 0 Å². The molecule has 2 rings (SSSR count). The van der Waals surface area contributed by atoms with Crippen molar-refractivity contribution in [2.75, 3.05) is 0 Å². The first-order valence-electron chi connectivity index (χ1n) is 4.01. The lowest BCUT2D eigenvalue weighted by atomic mass is 9.92. The van der Waals surface area contributed by atoms with E-state index in [0.29, 0.717) is 16.5 Å². The van der Waals surface area contributed by atoms with Crippen molar-refractivity contribution in [1.29, 1.82) is 0 Å². The minimum absolute atomic E-state index is 0.127. The predicted octanol–water partition coefficient (Wildman–Crippen LogP) is 4.24. The average Bonchev–Trinajstić information content (AvgIpc) is 2.44. The van der Waals surface area contributed by atoms with Crippen LogP contribution in [0.5, 0.6) is 0 Å². The molecular weight excluding hydrogens is 250 g/mol. The van der Waals surface area contributed by atoms with Gasteiger partial charge in [0.2, 0.25) is 0 Å². The third-order valence-electron chi connectivity index (χ3n) is 2.90. The topological polar surface area (TPSA) is 0 Å². The van der Waals surface area contributed by atoms with Gasteiger partial charge in [0, 0.05) is 5.92 Å². The summed E-state index contributed by atoms with van der Waals surface area (Å²) in [5.74, 6) is 0.127. The van der Waals surface area contributed by atoms with Crippen LogP contribution in [0.4, 0.5) is 0 Å². The van der Waals surface area contributed by atoms with E-state index in [2.05, 4.69) is 6.58 Å². The summed E-state index contributed by atoms with van der Waals surface area (Å²) in [6.45, 7) is 3.73. The Morgan fingerprint density at radius 2 is 1.92 bits per heavy atom. The Labute approximate surface area is 97.5 Å². The summed E-state index contributed by atoms with van der Waals surface area (Å²) in [5.41, 5.74) is 0. The second-order valence-electron chi connectivity index (χ2n) is 3.68. The number of rotatable bonds is 1. The maximum atomic E-state index is 6.37. The molecule has 2 aliphatic carbocycles. The molecule has 1 saturated carbocycles. The fraction of sp³-hybridized carbons (Fsp3) is 0.556. The van der Waals surface area contributed by atoms with Gasteiger partial charge in [-0.1, -0.05) is 29.3 Å². The summed E-state index contributed by atoms with van der Waals surface area (Å²) < 4.78 is 0. The quantitative estimate of drug-likeness (QED) is 0.487. The molecule has 0 radical (unpaired) electrons. The number of fused-ring (bicyclic) bond motifs is 2. The highest BCUT2D eigenvalue weighted by Crippen LogP contribution is 2.65. The maximum absolute atomic E-state index is 6.37. The number of hydrogen-bond acceptors (Lipinski definition) is 0. The Morgan fingerprint density at radius 1 is 1.31 bits per heavy atom. The van der Waals surface area contributed by atoms with Gasteiger partial charge < -0.3 is 0 Å². The van der Waals surface area contributed by atoms with Gasteiger partial charge in [-0.25, -0.2) is 0 Å². The first kappa shape index (κ1) is 10.2. The fourth-order valence-corrected chi connectivity index (χ4v) is 4.00. The molecule has 3 atom stereocenters. The summed E-state index contributed by atoms with van der Waals surface area (Å²) in [6, 6.07) is 0. The Morgan fingerprint density at radius 3 is 2.31 bits per heavy atom. The van der Waals surface area contributed by atoms with Crippen molar-refractivity contribution in [3.63, 3.8) is 0 Å². The molecule has 0 saturated heterocycles. The summed E-state index contributed by atoms with van der Waals surface area (Å²) in [6.07, 6.45) is 3.15. The van der Waals surface area contributed by atoms with Gasteiger partial charge in [-0.3, -0.25) is 0 Å². The lowest BCUT2D eigenvalue weighted by Gasteiger charge is -2.27. The zero-order chi connectivity index (χ0) is 9.85. The van der Waals surface area contributed by atoms with E-state index in [-0.39, 0.29) is 5.92 Å². The highest BCUT2D eigenvalue weighted by molar-refractivity contribution is 6.51. The van der Waals surface area contributed by atoms with Crippen LogP contribution in [-0.4, -0.2) is 9.75 Å². The second kappa shape index (κ2) is 2.82. The third-order valence-corrected chi connectivity index (χ3v) is 5.35. The standard InChI is InChI=1S/C9H8Cl4/c1-2-5-3-8(12)4-9(5,13)7(11)6(8)10/h2,5H,1,3-4H2. The van der Waals surface area contributed by atoms with Crippen LogP contribution in [0.2, 0.25) is 0 Å². The van der Waals surface area contributed by atoms with E-state index >= 15 is 0 Å². The van der Waals surface area contributed by atoms with Gasteiger partial charge in [-0.2, -0.15) is 0 Å². The van der Waals surface area contributed by atoms with Crippen molar-refractivity contribution < 1.29 is 0 Å². The number of alkyl halides is 2. The lowest BCUT2D eigenvalue weighted by molar-refractivity contribution is 0.573. The maximum Gasteiger partial charge on any atom is 0.0896 e. The Balaban J connectivity index is 2.52. The highest BCUT2D eigenvalue weighted by atomic mass is 35.5. The molecular formula is C9H8Cl4. The zero-order valence-electron chi connectivity index (χ0n) is 6.79. The molecule has 0 spiro atoms. The van der Waals surface area contributed by atoms with E-state index in [1.165, 1.54) is 0 Å². The van der Waals surface area contributed by atoms with E-state index in [4.69, 9.17) is 46.4 Å². The monoisotopic (exact) mass is 256 g/mol. The van der Waals surface area contributed by atoms with Crippen LogP contribution in [0.1, 0.15) is 12.8 Å².